The van der Waals surface area contributed by atoms with Gasteiger partial charge in [0.2, 0.25) is 0 Å². The lowest BCUT2D eigenvalue weighted by Crippen LogP contribution is -2.33. The van der Waals surface area contributed by atoms with E-state index < -0.39 is 0 Å². The SMILES string of the molecule is CN(C)CCCN(C(=O)c1cc(Cl)cc(Cl)c1)c1nc2ccc(Cl)cc2s1.Cl. The smallest absolute Gasteiger partial charge is 0.260 e. The van der Waals surface area contributed by atoms with Crippen molar-refractivity contribution in [3.05, 3.63) is 57.0 Å². The van der Waals surface area contributed by atoms with Crippen LogP contribution in [0.25, 0.3) is 10.2 Å². The minimum Gasteiger partial charge on any atom is -0.309 e. The van der Waals surface area contributed by atoms with Crippen LogP contribution in [0.15, 0.2) is 36.4 Å². The lowest BCUT2D eigenvalue weighted by molar-refractivity contribution is 0.0986. The van der Waals surface area contributed by atoms with Gasteiger partial charge in [-0.05, 0) is 63.5 Å². The maximum atomic E-state index is 13.2. The van der Waals surface area contributed by atoms with Gasteiger partial charge >= 0.3 is 0 Å². The third kappa shape index (κ3) is 5.72. The summed E-state index contributed by atoms with van der Waals surface area (Å²) >= 11 is 19.7. The Morgan fingerprint density at radius 1 is 1.00 bits per heavy atom. The van der Waals surface area contributed by atoms with Crippen molar-refractivity contribution in [2.24, 2.45) is 0 Å². The molecule has 0 spiro atoms. The van der Waals surface area contributed by atoms with Crippen LogP contribution >= 0.6 is 58.5 Å². The van der Waals surface area contributed by atoms with Crippen molar-refractivity contribution in [1.29, 1.82) is 0 Å². The van der Waals surface area contributed by atoms with Crippen molar-refractivity contribution in [2.75, 3.05) is 32.1 Å². The topological polar surface area (TPSA) is 36.4 Å². The van der Waals surface area contributed by atoms with Crippen LogP contribution in [0.3, 0.4) is 0 Å². The summed E-state index contributed by atoms with van der Waals surface area (Å²) in [5, 5.41) is 2.13. The lowest BCUT2D eigenvalue weighted by Gasteiger charge is -2.21. The fourth-order valence-electron chi connectivity index (χ4n) is 2.66. The molecule has 3 rings (SSSR count). The van der Waals surface area contributed by atoms with Crippen LogP contribution in [0.2, 0.25) is 15.1 Å². The first-order chi connectivity index (χ1) is 12.8. The van der Waals surface area contributed by atoms with Crippen LogP contribution in [0, 0.1) is 0 Å². The summed E-state index contributed by atoms with van der Waals surface area (Å²) in [5.41, 5.74) is 1.25. The molecule has 0 aliphatic heterocycles. The van der Waals surface area contributed by atoms with Gasteiger partial charge in [0.1, 0.15) is 0 Å². The van der Waals surface area contributed by atoms with E-state index in [0.29, 0.717) is 32.3 Å². The van der Waals surface area contributed by atoms with Crippen LogP contribution in [0.1, 0.15) is 16.8 Å². The molecule has 0 radical (unpaired) electrons. The van der Waals surface area contributed by atoms with Gasteiger partial charge in [-0.3, -0.25) is 9.69 Å². The molecule has 0 fully saturated rings. The van der Waals surface area contributed by atoms with E-state index in [0.717, 1.165) is 23.2 Å². The fourth-order valence-corrected chi connectivity index (χ4v) is 4.46. The van der Waals surface area contributed by atoms with Gasteiger partial charge in [-0.2, -0.15) is 0 Å². The molecule has 0 bridgehead atoms. The van der Waals surface area contributed by atoms with Crippen LogP contribution in [0.4, 0.5) is 5.13 Å². The summed E-state index contributed by atoms with van der Waals surface area (Å²) in [6.45, 7) is 1.39. The summed E-state index contributed by atoms with van der Waals surface area (Å²) in [6.07, 6.45) is 0.809. The van der Waals surface area contributed by atoms with Gasteiger partial charge in [0.05, 0.1) is 10.2 Å². The van der Waals surface area contributed by atoms with Crippen molar-refractivity contribution >= 4 is 79.8 Å². The van der Waals surface area contributed by atoms with Crippen LogP contribution in [-0.2, 0) is 0 Å². The van der Waals surface area contributed by atoms with E-state index in [1.54, 1.807) is 29.2 Å². The Hall–Kier alpha value is -1.08. The second-order valence-electron chi connectivity index (χ2n) is 6.38. The molecule has 3 aromatic rings. The zero-order valence-corrected chi connectivity index (χ0v) is 19.2. The number of halogens is 4. The first-order valence-corrected chi connectivity index (χ1v) is 10.3. The molecule has 2 aromatic carbocycles. The summed E-state index contributed by atoms with van der Waals surface area (Å²) in [7, 11) is 4.01. The minimum atomic E-state index is -0.177. The average Bonchev–Trinajstić information content (AvgIpc) is 2.99. The predicted octanol–water partition coefficient (Wildman–Crippen LogP) is 6.28. The summed E-state index contributed by atoms with van der Waals surface area (Å²) in [6, 6.07) is 10.4. The van der Waals surface area contributed by atoms with Gasteiger partial charge in [0.25, 0.3) is 5.91 Å². The van der Waals surface area contributed by atoms with E-state index in [4.69, 9.17) is 34.8 Å². The number of carbonyl (C=O) groups excluding carboxylic acids is 1. The Bertz CT molecular complexity index is 957. The molecule has 1 heterocycles. The highest BCUT2D eigenvalue weighted by molar-refractivity contribution is 7.22. The Balaban J connectivity index is 0.00000280. The zero-order chi connectivity index (χ0) is 19.6. The molecule has 0 unspecified atom stereocenters. The quantitative estimate of drug-likeness (QED) is 0.418. The van der Waals surface area contributed by atoms with E-state index >= 15 is 0 Å². The molecule has 150 valence electrons. The van der Waals surface area contributed by atoms with Gasteiger partial charge < -0.3 is 4.90 Å². The summed E-state index contributed by atoms with van der Waals surface area (Å²) < 4.78 is 0.937. The molecule has 0 aliphatic rings. The second kappa shape index (κ2) is 10.1. The molecule has 0 saturated heterocycles. The molecular weight excluding hydrogens is 460 g/mol. The first kappa shape index (κ1) is 23.2. The van der Waals surface area contributed by atoms with Crippen molar-refractivity contribution in [1.82, 2.24) is 9.88 Å². The molecule has 9 heteroatoms. The number of nitrogens with zero attached hydrogens (tertiary/aromatic N) is 3. The van der Waals surface area contributed by atoms with Gasteiger partial charge in [0, 0.05) is 27.2 Å². The van der Waals surface area contributed by atoms with Crippen LogP contribution < -0.4 is 4.90 Å². The van der Waals surface area contributed by atoms with Crippen molar-refractivity contribution in [3.63, 3.8) is 0 Å². The number of amides is 1. The van der Waals surface area contributed by atoms with Crippen LogP contribution in [0.5, 0.6) is 0 Å². The number of hydrogen-bond acceptors (Lipinski definition) is 4. The number of carbonyl (C=O) groups is 1. The van der Waals surface area contributed by atoms with Gasteiger partial charge in [-0.1, -0.05) is 46.1 Å². The zero-order valence-electron chi connectivity index (χ0n) is 15.3. The van der Waals surface area contributed by atoms with Gasteiger partial charge in [-0.15, -0.1) is 12.4 Å². The Labute approximate surface area is 189 Å². The first-order valence-electron chi connectivity index (χ1n) is 8.32. The van der Waals surface area contributed by atoms with Crippen molar-refractivity contribution in [2.45, 2.75) is 6.42 Å². The fraction of sp³-hybridized carbons (Fsp3) is 0.263. The van der Waals surface area contributed by atoms with E-state index in [2.05, 4.69) is 9.88 Å². The molecule has 1 aromatic heterocycles. The number of thiazole rings is 1. The predicted molar refractivity (Wildman–Crippen MR) is 123 cm³/mol. The summed E-state index contributed by atoms with van der Waals surface area (Å²) in [5.74, 6) is -0.177. The lowest BCUT2D eigenvalue weighted by atomic mass is 10.2. The molecular formula is C19H19Cl4N3OS. The van der Waals surface area contributed by atoms with Gasteiger partial charge in [0.15, 0.2) is 5.13 Å². The highest BCUT2D eigenvalue weighted by Gasteiger charge is 2.22. The monoisotopic (exact) mass is 477 g/mol. The molecule has 28 heavy (non-hydrogen) atoms. The number of benzene rings is 2. The van der Waals surface area contributed by atoms with E-state index in [-0.39, 0.29) is 18.3 Å². The standard InChI is InChI=1S/C19H18Cl3N3OS.ClH/c1-24(2)6-3-7-25(18(26)12-8-14(21)10-15(22)9-12)19-23-16-5-4-13(20)11-17(16)27-19;/h4-5,8-11H,3,6-7H2,1-2H3;1H. The van der Waals surface area contributed by atoms with Crippen molar-refractivity contribution < 1.29 is 4.79 Å². The van der Waals surface area contributed by atoms with Crippen molar-refractivity contribution in [3.8, 4) is 0 Å². The molecule has 1 amide bonds. The third-order valence-electron chi connectivity index (χ3n) is 3.91. The highest BCUT2D eigenvalue weighted by Crippen LogP contribution is 2.32. The number of rotatable bonds is 6. The molecule has 0 atom stereocenters. The largest absolute Gasteiger partial charge is 0.309 e. The number of anilines is 1. The Morgan fingerprint density at radius 3 is 2.32 bits per heavy atom. The maximum absolute atomic E-state index is 13.2. The minimum absolute atomic E-state index is 0. The van der Waals surface area contributed by atoms with E-state index in [1.165, 1.54) is 11.3 Å². The normalized spacial score (nSPS) is 10.9. The Kier molecular flexibility index (Phi) is 8.37. The van der Waals surface area contributed by atoms with Gasteiger partial charge in [-0.25, -0.2) is 4.98 Å². The molecule has 4 nitrogen and oxygen atoms in total. The van der Waals surface area contributed by atoms with Crippen LogP contribution in [-0.4, -0.2) is 43.0 Å². The number of fused-ring (bicyclic) bond motifs is 1. The maximum Gasteiger partial charge on any atom is 0.260 e. The second-order valence-corrected chi connectivity index (χ2v) is 8.70. The van der Waals surface area contributed by atoms with E-state index in [9.17, 15) is 4.79 Å². The Morgan fingerprint density at radius 2 is 1.68 bits per heavy atom. The number of aromatic nitrogens is 1. The third-order valence-corrected chi connectivity index (χ3v) is 5.62. The number of hydrogen-bond donors (Lipinski definition) is 0. The molecule has 0 aliphatic carbocycles. The highest BCUT2D eigenvalue weighted by atomic mass is 35.5. The summed E-state index contributed by atoms with van der Waals surface area (Å²) in [4.78, 5) is 21.6. The average molecular weight is 479 g/mol. The molecule has 0 N–H and O–H groups in total. The van der Waals surface area contributed by atoms with E-state index in [1.807, 2.05) is 26.2 Å². The molecule has 0 saturated carbocycles.